The summed E-state index contributed by atoms with van der Waals surface area (Å²) in [6, 6.07) is 32.9. The van der Waals surface area contributed by atoms with Gasteiger partial charge in [-0.15, -0.1) is 0 Å². The van der Waals surface area contributed by atoms with E-state index in [9.17, 15) is 14.4 Å². The van der Waals surface area contributed by atoms with Crippen molar-refractivity contribution in [2.45, 2.75) is 19.3 Å². The third-order valence-corrected chi connectivity index (χ3v) is 10.6. The van der Waals surface area contributed by atoms with E-state index in [1.165, 1.54) is 0 Å². The highest BCUT2D eigenvalue weighted by molar-refractivity contribution is 5.80. The molecule has 1 aliphatic rings. The topological polar surface area (TPSA) is 134 Å². The number of fused-ring (bicyclic) bond motifs is 3. The standard InChI is InChI=1S/C51H48O12/c1-55-49-40-28-35-17-20-47(62-26-23-59-44-14-8-5-11-38(44)32-53)51(57-3)42(35)30-36-18-21-48(63-27-24-60-45-15-9-6-12-39(45)33-54)50(56-2)41(36)29-34(40)16-19-46(49)61-25-22-58-43-13-7-4-10-37(43)31-52/h4-21,31-33H,22-30H2,1-3H3. The van der Waals surface area contributed by atoms with Crippen LogP contribution in [0.3, 0.4) is 0 Å². The number of aldehydes is 3. The van der Waals surface area contributed by atoms with E-state index in [4.69, 9.17) is 42.6 Å². The Kier molecular flexibility index (Phi) is 14.8. The van der Waals surface area contributed by atoms with E-state index in [-0.39, 0.29) is 39.6 Å². The van der Waals surface area contributed by atoms with E-state index in [1.807, 2.05) is 54.6 Å². The smallest absolute Gasteiger partial charge is 0.164 e. The quantitative estimate of drug-likeness (QED) is 0.0506. The van der Waals surface area contributed by atoms with Gasteiger partial charge in [0.1, 0.15) is 56.9 Å². The van der Waals surface area contributed by atoms with Gasteiger partial charge in [-0.2, -0.15) is 0 Å². The van der Waals surface area contributed by atoms with E-state index in [0.29, 0.717) is 87.7 Å². The Balaban J connectivity index is 1.21. The van der Waals surface area contributed by atoms with Gasteiger partial charge in [0.2, 0.25) is 0 Å². The first-order valence-electron chi connectivity index (χ1n) is 20.5. The summed E-state index contributed by atoms with van der Waals surface area (Å²) in [5.74, 6) is 4.76. The van der Waals surface area contributed by atoms with Gasteiger partial charge in [-0.05, 0) is 71.3 Å². The largest absolute Gasteiger partial charge is 0.493 e. The van der Waals surface area contributed by atoms with E-state index in [0.717, 1.165) is 52.2 Å². The molecule has 0 N–H and O–H groups in total. The van der Waals surface area contributed by atoms with Crippen molar-refractivity contribution in [1.29, 1.82) is 0 Å². The van der Waals surface area contributed by atoms with Crippen molar-refractivity contribution in [3.05, 3.63) is 159 Å². The van der Waals surface area contributed by atoms with E-state index in [1.54, 1.807) is 75.9 Å². The lowest BCUT2D eigenvalue weighted by Crippen LogP contribution is -2.12. The van der Waals surface area contributed by atoms with Crippen LogP contribution in [-0.2, 0) is 19.3 Å². The molecule has 0 aromatic heterocycles. The highest BCUT2D eigenvalue weighted by Gasteiger charge is 2.27. The zero-order valence-corrected chi connectivity index (χ0v) is 35.4. The van der Waals surface area contributed by atoms with Gasteiger partial charge in [-0.3, -0.25) is 14.4 Å². The fraction of sp³-hybridized carbons (Fsp3) is 0.235. The molecule has 0 atom stereocenters. The second-order valence-electron chi connectivity index (χ2n) is 14.3. The summed E-state index contributed by atoms with van der Waals surface area (Å²) in [5, 5.41) is 0. The third-order valence-electron chi connectivity index (χ3n) is 10.6. The Bertz CT molecular complexity index is 2270. The molecular formula is C51H48O12. The van der Waals surface area contributed by atoms with Crippen LogP contribution < -0.4 is 42.6 Å². The molecule has 6 aromatic carbocycles. The molecule has 0 radical (unpaired) electrons. The summed E-state index contributed by atoms with van der Waals surface area (Å²) >= 11 is 0. The molecule has 0 aliphatic heterocycles. The molecular weight excluding hydrogens is 805 g/mol. The Labute approximate surface area is 366 Å². The molecule has 0 bridgehead atoms. The molecule has 12 nitrogen and oxygen atoms in total. The molecule has 12 heteroatoms. The number of hydrogen-bond acceptors (Lipinski definition) is 12. The number of carbonyl (C=O) groups excluding carboxylic acids is 3. The SMILES string of the molecule is COc1c(OCCOc2ccccc2C=O)ccc2c1Cc1ccc(OCCOc3ccccc3C=O)c(OC)c1Cc1ccc(OCCOc3ccccc3C=O)c(OC)c1C2. The molecule has 0 unspecified atom stereocenters. The molecule has 0 fully saturated rings. The lowest BCUT2D eigenvalue weighted by Gasteiger charge is -2.20. The third kappa shape index (κ3) is 10.2. The maximum atomic E-state index is 11.5. The first-order valence-corrected chi connectivity index (χ1v) is 20.5. The van der Waals surface area contributed by atoms with Gasteiger partial charge in [-0.25, -0.2) is 0 Å². The maximum Gasteiger partial charge on any atom is 0.164 e. The summed E-state index contributed by atoms with van der Waals surface area (Å²) < 4.78 is 55.0. The molecule has 0 amide bonds. The normalized spacial score (nSPS) is 11.5. The number of ether oxygens (including phenoxy) is 9. The molecule has 63 heavy (non-hydrogen) atoms. The second kappa shape index (κ2) is 21.4. The first-order chi connectivity index (χ1) is 31.0. The van der Waals surface area contributed by atoms with E-state index >= 15 is 0 Å². The lowest BCUT2D eigenvalue weighted by atomic mass is 9.93. The summed E-state index contributed by atoms with van der Waals surface area (Å²) in [4.78, 5) is 34.6. The molecule has 0 saturated carbocycles. The lowest BCUT2D eigenvalue weighted by molar-refractivity contribution is 0.111. The van der Waals surface area contributed by atoms with Crippen molar-refractivity contribution in [2.75, 3.05) is 61.0 Å². The van der Waals surface area contributed by atoms with E-state index < -0.39 is 0 Å². The molecule has 0 spiro atoms. The summed E-state index contributed by atoms with van der Waals surface area (Å²) in [6.07, 6.45) is 3.69. The molecule has 1 aliphatic carbocycles. The van der Waals surface area contributed by atoms with Crippen molar-refractivity contribution < 1.29 is 57.0 Å². The minimum atomic E-state index is 0.194. The zero-order valence-electron chi connectivity index (χ0n) is 35.4. The van der Waals surface area contributed by atoms with Crippen LogP contribution in [0.15, 0.2) is 109 Å². The van der Waals surface area contributed by atoms with Crippen LogP contribution in [0.5, 0.6) is 51.7 Å². The first kappa shape index (κ1) is 43.6. The number of carbonyl (C=O) groups is 3. The summed E-state index contributed by atoms with van der Waals surface area (Å²) in [7, 11) is 4.86. The molecule has 0 saturated heterocycles. The van der Waals surface area contributed by atoms with Crippen molar-refractivity contribution in [3.8, 4) is 51.7 Å². The van der Waals surface area contributed by atoms with Crippen LogP contribution in [0.1, 0.15) is 64.5 Å². The van der Waals surface area contributed by atoms with E-state index in [2.05, 4.69) is 0 Å². The summed E-state index contributed by atoms with van der Waals surface area (Å²) in [6.45, 7) is 1.18. The highest BCUT2D eigenvalue weighted by atomic mass is 16.6. The second-order valence-corrected chi connectivity index (χ2v) is 14.3. The highest BCUT2D eigenvalue weighted by Crippen LogP contribution is 2.45. The van der Waals surface area contributed by atoms with Crippen LogP contribution in [0, 0.1) is 0 Å². The van der Waals surface area contributed by atoms with Crippen LogP contribution in [0.25, 0.3) is 0 Å². The fourth-order valence-corrected chi connectivity index (χ4v) is 7.64. The number of rotatable bonds is 21. The predicted molar refractivity (Wildman–Crippen MR) is 236 cm³/mol. The average Bonchev–Trinajstić information content (AvgIpc) is 3.39. The summed E-state index contributed by atoms with van der Waals surface area (Å²) in [5.41, 5.74) is 7.06. The molecule has 324 valence electrons. The van der Waals surface area contributed by atoms with Crippen molar-refractivity contribution in [1.82, 2.24) is 0 Å². The monoisotopic (exact) mass is 852 g/mol. The Morgan fingerprint density at radius 2 is 0.603 bits per heavy atom. The van der Waals surface area contributed by atoms with Crippen LogP contribution in [0.2, 0.25) is 0 Å². The number of benzene rings is 6. The van der Waals surface area contributed by atoms with Crippen molar-refractivity contribution in [3.63, 3.8) is 0 Å². The van der Waals surface area contributed by atoms with Crippen LogP contribution in [-0.4, -0.2) is 79.8 Å². The Hall–Kier alpha value is -7.47. The van der Waals surface area contributed by atoms with Gasteiger partial charge in [0, 0.05) is 36.0 Å². The molecule has 7 rings (SSSR count). The maximum absolute atomic E-state index is 11.5. The van der Waals surface area contributed by atoms with Gasteiger partial charge in [0.05, 0.1) is 38.0 Å². The van der Waals surface area contributed by atoms with Gasteiger partial charge >= 0.3 is 0 Å². The average molecular weight is 853 g/mol. The zero-order chi connectivity index (χ0) is 44.0. The predicted octanol–water partition coefficient (Wildman–Crippen LogP) is 8.61. The Morgan fingerprint density at radius 3 is 0.857 bits per heavy atom. The molecule has 0 heterocycles. The van der Waals surface area contributed by atoms with Gasteiger partial charge < -0.3 is 42.6 Å². The number of para-hydroxylation sites is 3. The van der Waals surface area contributed by atoms with Gasteiger partial charge in [0.25, 0.3) is 0 Å². The minimum absolute atomic E-state index is 0.194. The molecule has 6 aromatic rings. The fourth-order valence-electron chi connectivity index (χ4n) is 7.64. The van der Waals surface area contributed by atoms with Gasteiger partial charge in [-0.1, -0.05) is 54.6 Å². The van der Waals surface area contributed by atoms with Crippen molar-refractivity contribution in [2.24, 2.45) is 0 Å². The van der Waals surface area contributed by atoms with Crippen molar-refractivity contribution >= 4 is 18.9 Å². The van der Waals surface area contributed by atoms with Gasteiger partial charge in [0.15, 0.2) is 53.4 Å². The minimum Gasteiger partial charge on any atom is -0.493 e. The number of hydrogen-bond donors (Lipinski definition) is 0. The van der Waals surface area contributed by atoms with Crippen LogP contribution >= 0.6 is 0 Å². The number of methoxy groups -OCH3 is 3. The van der Waals surface area contributed by atoms with Crippen LogP contribution in [0.4, 0.5) is 0 Å². The Morgan fingerprint density at radius 1 is 0.349 bits per heavy atom.